The lowest BCUT2D eigenvalue weighted by Crippen LogP contribution is -2.61. The first-order valence-electron chi connectivity index (χ1n) is 23.7. The number of rotatable bonds is 11. The van der Waals surface area contributed by atoms with Crippen molar-refractivity contribution in [3.8, 4) is 0 Å². The third kappa shape index (κ3) is 9.06. The molecule has 1 N–H and O–H groups in total. The van der Waals surface area contributed by atoms with Gasteiger partial charge in [0.15, 0.2) is 6.61 Å². The van der Waals surface area contributed by atoms with Crippen LogP contribution in [0.1, 0.15) is 172 Å². The maximum atomic E-state index is 12.5. The fourth-order valence-corrected chi connectivity index (χ4v) is 15.1. The molecule has 11 fully saturated rings. The molecule has 7 unspecified atom stereocenters. The molecule has 7 atom stereocenters. The highest BCUT2D eigenvalue weighted by Crippen LogP contribution is 2.61. The molecule has 10 aliphatic carbocycles. The first kappa shape index (κ1) is 46.7. The van der Waals surface area contributed by atoms with Crippen LogP contribution in [0.4, 0.5) is 0 Å². The normalized spacial score (nSPS) is 41.6. The van der Waals surface area contributed by atoms with Crippen LogP contribution < -0.4 is 0 Å². The van der Waals surface area contributed by atoms with Crippen molar-refractivity contribution in [2.24, 2.45) is 63.6 Å². The van der Waals surface area contributed by atoms with E-state index in [1.165, 1.54) is 38.5 Å². The van der Waals surface area contributed by atoms with Crippen molar-refractivity contribution in [3.63, 3.8) is 0 Å². The summed E-state index contributed by atoms with van der Waals surface area (Å²) in [5, 5.41) is 10.2. The van der Waals surface area contributed by atoms with Crippen LogP contribution in [0.25, 0.3) is 0 Å². The average Bonchev–Trinajstić information content (AvgIpc) is 3.80. The Morgan fingerprint density at radius 1 is 0.672 bits per heavy atom. The molecule has 11 rings (SSSR count). The molecule has 0 aromatic rings. The highest BCUT2D eigenvalue weighted by atomic mass is 32.2. The van der Waals surface area contributed by atoms with E-state index in [9.17, 15) is 32.7 Å². The molecule has 10 saturated carbocycles. The van der Waals surface area contributed by atoms with Crippen molar-refractivity contribution in [2.75, 3.05) is 6.61 Å². The highest BCUT2D eigenvalue weighted by Gasteiger charge is 2.66. The molecule has 10 bridgehead atoms. The van der Waals surface area contributed by atoms with Crippen LogP contribution in [0.3, 0.4) is 0 Å². The number of ether oxygens (including phenoxy) is 4. The van der Waals surface area contributed by atoms with Gasteiger partial charge in [-0.15, -0.1) is 0 Å². The topological polar surface area (TPSA) is 169 Å². The van der Waals surface area contributed by atoms with Gasteiger partial charge in [0.1, 0.15) is 23.4 Å². The van der Waals surface area contributed by atoms with Crippen LogP contribution >= 0.6 is 0 Å². The first-order chi connectivity index (χ1) is 28.3. The van der Waals surface area contributed by atoms with Crippen LogP contribution in [0, 0.1) is 63.6 Å². The molecule has 0 aromatic heterocycles. The molecule has 1 saturated heterocycles. The van der Waals surface area contributed by atoms with E-state index < -0.39 is 62.6 Å². The molecule has 0 radical (unpaired) electrons. The number of hydrogen-bond donors (Lipinski definition) is 1. The van der Waals surface area contributed by atoms with Gasteiger partial charge < -0.3 is 24.1 Å². The Bertz CT molecular complexity index is 1770. The summed E-state index contributed by atoms with van der Waals surface area (Å²) < 4.78 is 51.3. The minimum atomic E-state index is -3.53. The van der Waals surface area contributed by atoms with E-state index in [0.29, 0.717) is 49.4 Å². The Morgan fingerprint density at radius 2 is 1.16 bits per heavy atom. The summed E-state index contributed by atoms with van der Waals surface area (Å²) in [6.45, 7) is 19.1. The zero-order chi connectivity index (χ0) is 44.7. The molecule has 0 aromatic carbocycles. The van der Waals surface area contributed by atoms with Gasteiger partial charge in [-0.2, -0.15) is 8.42 Å². The van der Waals surface area contributed by atoms with E-state index in [0.717, 1.165) is 50.4 Å². The second-order valence-electron chi connectivity index (χ2n) is 23.4. The predicted octanol–water partition coefficient (Wildman–Crippen LogP) is 8.24. The predicted molar refractivity (Wildman–Crippen MR) is 227 cm³/mol. The molecule has 11 aliphatic rings. The number of fused-ring (bicyclic) bond motifs is 1. The number of carbonyl (C=O) groups is 4. The van der Waals surface area contributed by atoms with Gasteiger partial charge in [0.25, 0.3) is 10.1 Å². The Kier molecular flexibility index (Phi) is 12.5. The number of aliphatic hydroxyl groups is 1. The van der Waals surface area contributed by atoms with Gasteiger partial charge >= 0.3 is 23.9 Å². The maximum Gasteiger partial charge on any atom is 0.344 e. The molecule has 61 heavy (non-hydrogen) atoms. The van der Waals surface area contributed by atoms with E-state index in [1.54, 1.807) is 13.8 Å². The lowest BCUT2D eigenvalue weighted by Gasteiger charge is -2.59. The van der Waals surface area contributed by atoms with E-state index in [2.05, 4.69) is 13.8 Å². The molecule has 0 amide bonds. The zero-order valence-corrected chi connectivity index (χ0v) is 39.5. The zero-order valence-electron chi connectivity index (χ0n) is 38.7. The van der Waals surface area contributed by atoms with Gasteiger partial charge in [-0.05, 0) is 180 Å². The minimum absolute atomic E-state index is 0.0130. The molecule has 346 valence electrons. The average molecular weight is 877 g/mol. The molecule has 1 heterocycles. The van der Waals surface area contributed by atoms with Crippen molar-refractivity contribution in [2.45, 2.75) is 206 Å². The van der Waals surface area contributed by atoms with E-state index in [-0.39, 0.29) is 40.4 Å². The lowest BCUT2D eigenvalue weighted by atomic mass is 9.50. The summed E-state index contributed by atoms with van der Waals surface area (Å²) in [6, 6.07) is 0. The van der Waals surface area contributed by atoms with Crippen molar-refractivity contribution in [1.29, 1.82) is 0 Å². The van der Waals surface area contributed by atoms with E-state index in [4.69, 9.17) is 23.1 Å². The minimum Gasteiger partial charge on any atom is -0.459 e. The molecule has 0 spiro atoms. The third-order valence-corrected chi connectivity index (χ3v) is 19.4. The SMILES string of the molecule is CCC(C)(C)C(=O)OC1(C)C2CC3CC(C2)CC1C3.CCC(C)(C)C(=O)OC12CC3CC(CC(O)(C3)C1)C2.CCC(C)(C)C(=O)OCC(=O)OC1C2CC3C1OS(=O)(=O)C3C2. The number of hydrogen-bond acceptors (Lipinski definition) is 12. The summed E-state index contributed by atoms with van der Waals surface area (Å²) in [5.74, 6) is 2.97. The van der Waals surface area contributed by atoms with Gasteiger partial charge in [-0.25, -0.2) is 4.79 Å². The smallest absolute Gasteiger partial charge is 0.344 e. The van der Waals surface area contributed by atoms with Crippen LogP contribution in [0.5, 0.6) is 0 Å². The van der Waals surface area contributed by atoms with Crippen molar-refractivity contribution >= 4 is 34.0 Å². The lowest BCUT2D eigenvalue weighted by molar-refractivity contribution is -0.225. The molecular weight excluding hydrogens is 801 g/mol. The van der Waals surface area contributed by atoms with Gasteiger partial charge in [-0.3, -0.25) is 18.6 Å². The second kappa shape index (κ2) is 16.3. The van der Waals surface area contributed by atoms with Gasteiger partial charge in [0.2, 0.25) is 0 Å². The van der Waals surface area contributed by atoms with Crippen molar-refractivity contribution in [3.05, 3.63) is 0 Å². The Balaban J connectivity index is 0.000000139. The summed E-state index contributed by atoms with van der Waals surface area (Å²) in [4.78, 5) is 48.6. The summed E-state index contributed by atoms with van der Waals surface area (Å²) >= 11 is 0. The fraction of sp³-hybridized carbons (Fsp3) is 0.917. The monoisotopic (exact) mass is 877 g/mol. The van der Waals surface area contributed by atoms with Gasteiger partial charge in [-0.1, -0.05) is 20.8 Å². The number of esters is 4. The first-order valence-corrected chi connectivity index (χ1v) is 25.2. The number of carbonyl (C=O) groups excluding carboxylic acids is 4. The second-order valence-corrected chi connectivity index (χ2v) is 25.1. The van der Waals surface area contributed by atoms with Crippen molar-refractivity contribution < 1.29 is 55.8 Å². The molecular formula is C48H76O12S. The van der Waals surface area contributed by atoms with Crippen LogP contribution in [-0.4, -0.2) is 78.3 Å². The van der Waals surface area contributed by atoms with Crippen molar-refractivity contribution in [1.82, 2.24) is 0 Å². The molecule has 1 aliphatic heterocycles. The fourth-order valence-electron chi connectivity index (χ4n) is 13.2. The van der Waals surface area contributed by atoms with Crippen LogP contribution in [0.15, 0.2) is 0 Å². The summed E-state index contributed by atoms with van der Waals surface area (Å²) in [7, 11) is -3.53. The van der Waals surface area contributed by atoms with E-state index in [1.807, 2.05) is 41.5 Å². The standard InChI is InChI=1S/C17H28O2.C16H26O3.C15H22O7S/c1-5-16(2,3)15(18)19-17(4)13-7-11-6-12(9-13)10-14(17)8-11;1-4-14(2,3)13(17)19-16-8-11-5-12(9-16)7-15(18,6-11)10-16;1-4-15(2,3)14(17)20-7-11(16)21-12-8-5-9-10(6-8)23(18,19)22-13(9)12/h11-14H,5-10H2,1-4H3;11-12,18H,4-10H2,1-3H3;8-10,12-13H,4-7H2,1-3H3. The van der Waals surface area contributed by atoms with Gasteiger partial charge in [0, 0.05) is 18.3 Å². The maximum absolute atomic E-state index is 12.5. The highest BCUT2D eigenvalue weighted by molar-refractivity contribution is 7.87. The van der Waals surface area contributed by atoms with Gasteiger partial charge in [0.05, 0.1) is 27.1 Å². The van der Waals surface area contributed by atoms with Crippen LogP contribution in [0.2, 0.25) is 0 Å². The van der Waals surface area contributed by atoms with E-state index >= 15 is 0 Å². The summed E-state index contributed by atoms with van der Waals surface area (Å²) in [5.41, 5.74) is -2.48. The quantitative estimate of drug-likeness (QED) is 0.120. The van der Waals surface area contributed by atoms with Crippen LogP contribution in [-0.2, 0) is 52.4 Å². The Labute approximate surface area is 365 Å². The Hall–Kier alpha value is -2.25. The third-order valence-electron chi connectivity index (χ3n) is 17.7. The molecule has 12 nitrogen and oxygen atoms in total. The Morgan fingerprint density at radius 3 is 1.67 bits per heavy atom. The molecule has 13 heteroatoms. The summed E-state index contributed by atoms with van der Waals surface area (Å²) in [6.07, 6.45) is 14.6. The largest absolute Gasteiger partial charge is 0.459 e.